The molecule has 1 aromatic carbocycles. The number of aryl methyl sites for hydroxylation is 1. The molecule has 2 heterocycles. The zero-order valence-electron chi connectivity index (χ0n) is 14.3. The van der Waals surface area contributed by atoms with Crippen LogP contribution < -0.4 is 0 Å². The number of nitrogens with one attached hydrogen (secondary N) is 1. The summed E-state index contributed by atoms with van der Waals surface area (Å²) in [5.74, 6) is 1.53. The Morgan fingerprint density at radius 1 is 1.04 bits per heavy atom. The lowest BCUT2D eigenvalue weighted by atomic mass is 10.0. The van der Waals surface area contributed by atoms with Gasteiger partial charge in [-0.1, -0.05) is 43.1 Å². The van der Waals surface area contributed by atoms with Gasteiger partial charge in [0.1, 0.15) is 5.69 Å². The van der Waals surface area contributed by atoms with Crippen molar-refractivity contribution < 1.29 is 0 Å². The number of H-pyrrole nitrogens is 1. The summed E-state index contributed by atoms with van der Waals surface area (Å²) in [5, 5.41) is 1.36. The lowest BCUT2D eigenvalue weighted by Crippen LogP contribution is -1.92. The van der Waals surface area contributed by atoms with Gasteiger partial charge in [0.05, 0.1) is 5.69 Å². The van der Waals surface area contributed by atoms with Gasteiger partial charge in [0, 0.05) is 27.9 Å². The van der Waals surface area contributed by atoms with E-state index in [-0.39, 0.29) is 5.41 Å². The number of benzene rings is 1. The molecule has 128 valence electrons. The molecule has 0 saturated heterocycles. The Bertz CT molecular complexity index is 911. The topological polar surface area (TPSA) is 41.6 Å². The maximum Gasteiger partial charge on any atom is 0.156 e. The molecule has 0 aliphatic heterocycles. The Morgan fingerprint density at radius 3 is 2.40 bits per heavy atom. The highest BCUT2D eigenvalue weighted by Gasteiger charge is 2.60. The van der Waals surface area contributed by atoms with E-state index in [1.807, 2.05) is 30.3 Å². The van der Waals surface area contributed by atoms with Crippen LogP contribution in [0.4, 0.5) is 0 Å². The van der Waals surface area contributed by atoms with E-state index in [9.17, 15) is 0 Å². The van der Waals surface area contributed by atoms with Crippen molar-refractivity contribution in [3.63, 3.8) is 0 Å². The van der Waals surface area contributed by atoms with Crippen molar-refractivity contribution in [2.75, 3.05) is 0 Å². The average molecular weight is 372 g/mol. The predicted molar refractivity (Wildman–Crippen MR) is 102 cm³/mol. The molecule has 25 heavy (non-hydrogen) atoms. The number of nitrogens with zero attached hydrogens (tertiary/aromatic N) is 2. The Morgan fingerprint density at radius 2 is 1.76 bits per heavy atom. The van der Waals surface area contributed by atoms with Gasteiger partial charge < -0.3 is 4.98 Å². The molecule has 0 amide bonds. The molecule has 3 aromatic rings. The molecule has 1 fully saturated rings. The summed E-state index contributed by atoms with van der Waals surface area (Å²) < 4.78 is 0. The predicted octanol–water partition coefficient (Wildman–Crippen LogP) is 5.99. The fourth-order valence-corrected chi connectivity index (χ4v) is 4.50. The molecular formula is C20H19Cl2N3. The highest BCUT2D eigenvalue weighted by atomic mass is 35.5. The van der Waals surface area contributed by atoms with Gasteiger partial charge in [-0.25, -0.2) is 4.98 Å². The van der Waals surface area contributed by atoms with Crippen LogP contribution in [-0.4, -0.2) is 15.0 Å². The van der Waals surface area contributed by atoms with E-state index in [1.165, 1.54) is 11.3 Å². The van der Waals surface area contributed by atoms with Crippen LogP contribution in [0.2, 0.25) is 10.0 Å². The maximum atomic E-state index is 6.21. The van der Waals surface area contributed by atoms with E-state index < -0.39 is 0 Å². The Kier molecular flexibility index (Phi) is 3.89. The molecule has 1 unspecified atom stereocenters. The molecule has 1 saturated carbocycles. The molecule has 0 radical (unpaired) electrons. The number of imidazole rings is 1. The van der Waals surface area contributed by atoms with Gasteiger partial charge >= 0.3 is 0 Å². The third-order valence-electron chi connectivity index (χ3n) is 5.21. The van der Waals surface area contributed by atoms with Crippen molar-refractivity contribution in [3.8, 4) is 11.5 Å². The first kappa shape index (κ1) is 16.6. The minimum absolute atomic E-state index is 0.118. The van der Waals surface area contributed by atoms with Crippen molar-refractivity contribution in [2.45, 2.75) is 32.6 Å². The van der Waals surface area contributed by atoms with Gasteiger partial charge in [-0.3, -0.25) is 4.98 Å². The van der Waals surface area contributed by atoms with Crippen molar-refractivity contribution in [3.05, 3.63) is 69.6 Å². The second-order valence-corrected chi connectivity index (χ2v) is 8.15. The summed E-state index contributed by atoms with van der Waals surface area (Å²) >= 11 is 12.4. The number of pyridine rings is 1. The summed E-state index contributed by atoms with van der Waals surface area (Å²) in [6.45, 7) is 6.60. The average Bonchev–Trinajstić information content (AvgIpc) is 2.92. The van der Waals surface area contributed by atoms with Gasteiger partial charge in [0.25, 0.3) is 0 Å². The first-order valence-electron chi connectivity index (χ1n) is 8.32. The molecule has 5 heteroatoms. The van der Waals surface area contributed by atoms with E-state index in [0.717, 1.165) is 17.2 Å². The lowest BCUT2D eigenvalue weighted by Gasteiger charge is -2.04. The largest absolute Gasteiger partial charge is 0.340 e. The van der Waals surface area contributed by atoms with E-state index >= 15 is 0 Å². The second-order valence-electron chi connectivity index (χ2n) is 7.28. The fourth-order valence-electron chi connectivity index (χ4n) is 3.95. The van der Waals surface area contributed by atoms with Crippen molar-refractivity contribution in [1.82, 2.24) is 15.0 Å². The number of rotatable bonds is 3. The second kappa shape index (κ2) is 5.86. The molecular weight excluding hydrogens is 353 g/mol. The fraction of sp³-hybridized carbons (Fsp3) is 0.300. The highest BCUT2D eigenvalue weighted by Crippen LogP contribution is 2.70. The maximum absolute atomic E-state index is 6.21. The molecule has 0 bridgehead atoms. The minimum Gasteiger partial charge on any atom is -0.340 e. The first-order chi connectivity index (χ1) is 11.9. The number of aromatic amines is 1. The summed E-state index contributed by atoms with van der Waals surface area (Å²) in [4.78, 5) is 12.6. The smallest absolute Gasteiger partial charge is 0.156 e. The van der Waals surface area contributed by atoms with Crippen LogP contribution in [0.3, 0.4) is 0 Å². The normalized spacial score (nSPS) is 21.3. The van der Waals surface area contributed by atoms with Crippen LogP contribution in [0.5, 0.6) is 0 Å². The van der Waals surface area contributed by atoms with Crippen molar-refractivity contribution >= 4 is 23.2 Å². The number of hydrogen-bond acceptors (Lipinski definition) is 2. The number of aromatic nitrogens is 3. The molecule has 2 atom stereocenters. The SMILES string of the molecule is Cc1nc(-c2ccccn2)[nH]c1[C@@H]1C(c2cc(Cl)cc(Cl)c2)C1(C)C. The summed E-state index contributed by atoms with van der Waals surface area (Å²) in [6, 6.07) is 11.7. The molecule has 2 aromatic heterocycles. The van der Waals surface area contributed by atoms with E-state index in [2.05, 4.69) is 30.7 Å². The van der Waals surface area contributed by atoms with E-state index in [1.54, 1.807) is 12.3 Å². The zero-order chi connectivity index (χ0) is 17.8. The Balaban J connectivity index is 1.72. The van der Waals surface area contributed by atoms with Gasteiger partial charge in [0.15, 0.2) is 5.82 Å². The first-order valence-corrected chi connectivity index (χ1v) is 9.07. The molecule has 1 N–H and O–H groups in total. The van der Waals surface area contributed by atoms with Crippen LogP contribution in [0, 0.1) is 12.3 Å². The molecule has 0 spiro atoms. The third-order valence-corrected chi connectivity index (χ3v) is 5.65. The van der Waals surface area contributed by atoms with Crippen LogP contribution in [-0.2, 0) is 0 Å². The third kappa shape index (κ3) is 2.86. The summed E-state index contributed by atoms with van der Waals surface area (Å²) in [5.41, 5.74) is 4.35. The molecule has 1 aliphatic rings. The zero-order valence-corrected chi connectivity index (χ0v) is 15.9. The van der Waals surface area contributed by atoms with E-state index in [0.29, 0.717) is 21.9 Å². The monoisotopic (exact) mass is 371 g/mol. The quantitative estimate of drug-likeness (QED) is 0.613. The van der Waals surface area contributed by atoms with E-state index in [4.69, 9.17) is 28.2 Å². The molecule has 4 rings (SSSR count). The summed E-state index contributed by atoms with van der Waals surface area (Å²) in [7, 11) is 0. The number of hydrogen-bond donors (Lipinski definition) is 1. The molecule has 1 aliphatic carbocycles. The van der Waals surface area contributed by atoms with Crippen LogP contribution in [0.15, 0.2) is 42.6 Å². The van der Waals surface area contributed by atoms with Gasteiger partial charge in [-0.05, 0) is 54.2 Å². The highest BCUT2D eigenvalue weighted by molar-refractivity contribution is 6.34. The Hall–Kier alpha value is -1.84. The Labute approximate surface area is 157 Å². The lowest BCUT2D eigenvalue weighted by molar-refractivity contribution is 0.597. The van der Waals surface area contributed by atoms with Crippen LogP contribution in [0.1, 0.15) is 42.6 Å². The molecule has 3 nitrogen and oxygen atoms in total. The summed E-state index contributed by atoms with van der Waals surface area (Å²) in [6.07, 6.45) is 1.78. The van der Waals surface area contributed by atoms with Crippen molar-refractivity contribution in [2.24, 2.45) is 5.41 Å². The van der Waals surface area contributed by atoms with Gasteiger partial charge in [-0.2, -0.15) is 0 Å². The standard InChI is InChI=1S/C20H19Cl2N3/c1-11-18(25-19(24-11)15-6-4-5-7-23-15)17-16(20(17,2)3)12-8-13(21)10-14(22)9-12/h4-10,16-17H,1-3H3,(H,24,25)/t16?,17-/m0/s1. The van der Waals surface area contributed by atoms with Gasteiger partial charge in [-0.15, -0.1) is 0 Å². The number of halogens is 2. The minimum atomic E-state index is 0.118. The van der Waals surface area contributed by atoms with Crippen molar-refractivity contribution in [1.29, 1.82) is 0 Å². The van der Waals surface area contributed by atoms with Crippen LogP contribution >= 0.6 is 23.2 Å². The van der Waals surface area contributed by atoms with Crippen LogP contribution in [0.25, 0.3) is 11.5 Å². The van der Waals surface area contributed by atoms with Gasteiger partial charge in [0.2, 0.25) is 0 Å².